The fourth-order valence-electron chi connectivity index (χ4n) is 0.484. The molecular weight excluding hydrogens is 151 g/mol. The lowest BCUT2D eigenvalue weighted by Gasteiger charge is -2.20. The highest BCUT2D eigenvalue weighted by Gasteiger charge is 2.29. The number of halogens is 1. The van der Waals surface area contributed by atoms with E-state index in [1.54, 1.807) is 0 Å². The molecule has 0 bridgehead atoms. The van der Waals surface area contributed by atoms with Gasteiger partial charge in [-0.15, -0.1) is 0 Å². The van der Waals surface area contributed by atoms with Gasteiger partial charge in [-0.3, -0.25) is 4.79 Å². The summed E-state index contributed by atoms with van der Waals surface area (Å²) in [6.07, 6.45) is -1.60. The molecule has 0 saturated heterocycles. The maximum atomic E-state index is 12.8. The van der Waals surface area contributed by atoms with Crippen molar-refractivity contribution in [2.45, 2.75) is 32.0 Å². The minimum Gasteiger partial charge on any atom is -0.469 e. The van der Waals surface area contributed by atoms with Gasteiger partial charge in [0.15, 0.2) is 0 Å². The number of carbonyl (C=O) groups excluding carboxylic acids is 1. The van der Waals surface area contributed by atoms with Crippen LogP contribution in [0.4, 0.5) is 4.39 Å². The third-order valence-corrected chi connectivity index (χ3v) is 1.38. The van der Waals surface area contributed by atoms with Crippen molar-refractivity contribution in [3.05, 3.63) is 0 Å². The van der Waals surface area contributed by atoms with Crippen molar-refractivity contribution >= 4 is 5.97 Å². The molecule has 0 fully saturated rings. The van der Waals surface area contributed by atoms with Crippen LogP contribution < -0.4 is 0 Å². The summed E-state index contributed by atoms with van der Waals surface area (Å²) in [7, 11) is 1.19. The zero-order chi connectivity index (χ0) is 9.07. The van der Waals surface area contributed by atoms with Crippen LogP contribution in [0.1, 0.15) is 20.3 Å². The van der Waals surface area contributed by atoms with Crippen LogP contribution >= 0.6 is 0 Å². The first-order valence-electron chi connectivity index (χ1n) is 3.31. The number of aliphatic hydroxyl groups is 1. The molecule has 3 nitrogen and oxygen atoms in total. The zero-order valence-corrected chi connectivity index (χ0v) is 6.93. The van der Waals surface area contributed by atoms with E-state index in [9.17, 15) is 9.18 Å². The summed E-state index contributed by atoms with van der Waals surface area (Å²) < 4.78 is 17.1. The van der Waals surface area contributed by atoms with E-state index in [4.69, 9.17) is 5.11 Å². The Hall–Kier alpha value is -0.640. The lowest BCUT2D eigenvalue weighted by molar-refractivity contribution is -0.145. The molecule has 0 heterocycles. The summed E-state index contributed by atoms with van der Waals surface area (Å²) in [6, 6.07) is 0. The molecule has 0 spiro atoms. The van der Waals surface area contributed by atoms with E-state index < -0.39 is 17.7 Å². The van der Waals surface area contributed by atoms with Crippen LogP contribution in [0, 0.1) is 0 Å². The number of carbonyl (C=O) groups is 1. The molecule has 66 valence electrons. The molecule has 0 aliphatic rings. The largest absolute Gasteiger partial charge is 0.469 e. The Kier molecular flexibility index (Phi) is 3.45. The third-order valence-electron chi connectivity index (χ3n) is 1.38. The molecule has 1 atom stereocenters. The summed E-state index contributed by atoms with van der Waals surface area (Å²) in [4.78, 5) is 10.5. The maximum absolute atomic E-state index is 12.8. The lowest BCUT2D eigenvalue weighted by atomic mass is 10.0. The molecule has 0 aromatic carbocycles. The van der Waals surface area contributed by atoms with E-state index >= 15 is 0 Å². The standard InChI is InChI=1S/C7H13FO3/c1-7(2,8)5(9)4-6(10)11-3/h5,9H,4H2,1-3H3. The van der Waals surface area contributed by atoms with Gasteiger partial charge in [0.25, 0.3) is 0 Å². The van der Waals surface area contributed by atoms with Crippen molar-refractivity contribution < 1.29 is 19.0 Å². The van der Waals surface area contributed by atoms with Gasteiger partial charge in [0.1, 0.15) is 5.67 Å². The number of hydrogen-bond acceptors (Lipinski definition) is 3. The van der Waals surface area contributed by atoms with E-state index in [0.717, 1.165) is 0 Å². The van der Waals surface area contributed by atoms with Crippen molar-refractivity contribution in [1.82, 2.24) is 0 Å². The number of alkyl halides is 1. The van der Waals surface area contributed by atoms with Crippen molar-refractivity contribution in [2.24, 2.45) is 0 Å². The SMILES string of the molecule is COC(=O)CC(O)C(C)(C)F. The van der Waals surface area contributed by atoms with E-state index in [1.807, 2.05) is 0 Å². The summed E-state index contributed by atoms with van der Waals surface area (Å²) >= 11 is 0. The van der Waals surface area contributed by atoms with Crippen LogP contribution in [0.3, 0.4) is 0 Å². The Labute approximate surface area is 65.2 Å². The van der Waals surface area contributed by atoms with Gasteiger partial charge in [0.05, 0.1) is 19.6 Å². The number of esters is 1. The summed E-state index contributed by atoms with van der Waals surface area (Å²) in [6.45, 7) is 2.42. The smallest absolute Gasteiger partial charge is 0.308 e. The van der Waals surface area contributed by atoms with Crippen molar-refractivity contribution in [3.8, 4) is 0 Å². The predicted molar refractivity (Wildman–Crippen MR) is 37.8 cm³/mol. The van der Waals surface area contributed by atoms with E-state index in [1.165, 1.54) is 21.0 Å². The molecule has 0 aliphatic carbocycles. The Morgan fingerprint density at radius 2 is 2.18 bits per heavy atom. The van der Waals surface area contributed by atoms with E-state index in [-0.39, 0.29) is 6.42 Å². The quantitative estimate of drug-likeness (QED) is 0.623. The molecule has 0 aliphatic heterocycles. The van der Waals surface area contributed by atoms with Crippen LogP contribution in [0.5, 0.6) is 0 Å². The van der Waals surface area contributed by atoms with Gasteiger partial charge in [0, 0.05) is 0 Å². The number of ether oxygens (including phenoxy) is 1. The van der Waals surface area contributed by atoms with Crippen LogP contribution in [-0.4, -0.2) is 30.0 Å². The average Bonchev–Trinajstić information content (AvgIpc) is 1.85. The minimum atomic E-state index is -1.76. The second-order valence-electron chi connectivity index (χ2n) is 2.86. The first kappa shape index (κ1) is 10.4. The predicted octanol–water partition coefficient (Wildman–Crippen LogP) is 0.658. The Bertz CT molecular complexity index is 139. The molecule has 0 aromatic rings. The van der Waals surface area contributed by atoms with E-state index in [0.29, 0.717) is 0 Å². The Morgan fingerprint density at radius 3 is 2.45 bits per heavy atom. The van der Waals surface area contributed by atoms with Crippen LogP contribution in [0.25, 0.3) is 0 Å². The van der Waals surface area contributed by atoms with Gasteiger partial charge >= 0.3 is 5.97 Å². The molecule has 11 heavy (non-hydrogen) atoms. The van der Waals surface area contributed by atoms with Gasteiger partial charge in [-0.05, 0) is 13.8 Å². The van der Waals surface area contributed by atoms with Crippen molar-refractivity contribution in [1.29, 1.82) is 0 Å². The van der Waals surface area contributed by atoms with Crippen LogP contribution in [-0.2, 0) is 9.53 Å². The zero-order valence-electron chi connectivity index (χ0n) is 6.93. The van der Waals surface area contributed by atoms with Crippen molar-refractivity contribution in [3.63, 3.8) is 0 Å². The van der Waals surface area contributed by atoms with Gasteiger partial charge in [-0.1, -0.05) is 0 Å². The summed E-state index contributed by atoms with van der Waals surface area (Å²) in [5.41, 5.74) is -1.76. The van der Waals surface area contributed by atoms with Gasteiger partial charge < -0.3 is 9.84 Å². The van der Waals surface area contributed by atoms with Gasteiger partial charge in [-0.2, -0.15) is 0 Å². The highest BCUT2D eigenvalue weighted by molar-refractivity contribution is 5.69. The van der Waals surface area contributed by atoms with Gasteiger partial charge in [-0.25, -0.2) is 4.39 Å². The third kappa shape index (κ3) is 3.93. The molecular formula is C7H13FO3. The summed E-state index contributed by atoms with van der Waals surface area (Å²) in [5, 5.41) is 9.01. The molecule has 0 rings (SSSR count). The summed E-state index contributed by atoms with van der Waals surface area (Å²) in [5.74, 6) is -0.608. The lowest BCUT2D eigenvalue weighted by Crippen LogP contribution is -2.33. The Balaban J connectivity index is 3.87. The molecule has 0 aromatic heterocycles. The second kappa shape index (κ2) is 3.67. The monoisotopic (exact) mass is 164 g/mol. The number of rotatable bonds is 3. The fraction of sp³-hybridized carbons (Fsp3) is 0.857. The maximum Gasteiger partial charge on any atom is 0.308 e. The highest BCUT2D eigenvalue weighted by Crippen LogP contribution is 2.17. The normalized spacial score (nSPS) is 14.3. The number of methoxy groups -OCH3 is 1. The topological polar surface area (TPSA) is 46.5 Å². The Morgan fingerprint density at radius 1 is 1.73 bits per heavy atom. The highest BCUT2D eigenvalue weighted by atomic mass is 19.1. The number of hydrogen-bond donors (Lipinski definition) is 1. The average molecular weight is 164 g/mol. The first-order valence-corrected chi connectivity index (χ1v) is 3.31. The molecule has 4 heteroatoms. The molecule has 1 unspecified atom stereocenters. The van der Waals surface area contributed by atoms with Crippen LogP contribution in [0.15, 0.2) is 0 Å². The van der Waals surface area contributed by atoms with Crippen molar-refractivity contribution in [2.75, 3.05) is 7.11 Å². The first-order chi connectivity index (χ1) is 4.88. The van der Waals surface area contributed by atoms with Gasteiger partial charge in [0.2, 0.25) is 0 Å². The molecule has 0 saturated carbocycles. The number of aliphatic hydroxyl groups excluding tert-OH is 1. The minimum absolute atomic E-state index is 0.306. The van der Waals surface area contributed by atoms with Crippen LogP contribution in [0.2, 0.25) is 0 Å². The van der Waals surface area contributed by atoms with E-state index in [2.05, 4.69) is 4.74 Å². The molecule has 0 amide bonds. The molecule has 0 radical (unpaired) electrons. The fourth-order valence-corrected chi connectivity index (χ4v) is 0.484. The molecule has 1 N–H and O–H groups in total. The second-order valence-corrected chi connectivity index (χ2v) is 2.86.